The van der Waals surface area contributed by atoms with Crippen LogP contribution in [0.4, 0.5) is 5.82 Å². The van der Waals surface area contributed by atoms with Crippen molar-refractivity contribution in [2.45, 2.75) is 39.2 Å². The van der Waals surface area contributed by atoms with Gasteiger partial charge >= 0.3 is 0 Å². The van der Waals surface area contributed by atoms with Crippen LogP contribution in [0.15, 0.2) is 29.3 Å². The van der Waals surface area contributed by atoms with Crippen molar-refractivity contribution >= 4 is 11.3 Å². The van der Waals surface area contributed by atoms with E-state index in [2.05, 4.69) is 31.0 Å². The molecule has 0 atom stereocenters. The molecule has 152 valence electrons. The molecular formula is C21H27N7O. The Bertz CT molecular complexity index is 1080. The van der Waals surface area contributed by atoms with Crippen molar-refractivity contribution in [2.75, 3.05) is 37.6 Å². The lowest BCUT2D eigenvalue weighted by Gasteiger charge is -2.35. The van der Waals surface area contributed by atoms with Crippen molar-refractivity contribution in [3.8, 4) is 0 Å². The van der Waals surface area contributed by atoms with E-state index in [1.807, 2.05) is 23.8 Å². The van der Waals surface area contributed by atoms with Gasteiger partial charge in [-0.05, 0) is 44.2 Å². The van der Waals surface area contributed by atoms with Gasteiger partial charge in [0.2, 0.25) is 0 Å². The molecule has 0 radical (unpaired) electrons. The molecule has 0 unspecified atom stereocenters. The Labute approximate surface area is 169 Å². The van der Waals surface area contributed by atoms with Crippen LogP contribution >= 0.6 is 0 Å². The van der Waals surface area contributed by atoms with Gasteiger partial charge in [0.15, 0.2) is 5.82 Å². The number of hydrogen-bond acceptors (Lipinski definition) is 6. The minimum absolute atomic E-state index is 0.0382. The van der Waals surface area contributed by atoms with Crippen LogP contribution in [0.1, 0.15) is 29.8 Å². The summed E-state index contributed by atoms with van der Waals surface area (Å²) in [5.74, 6) is 1.00. The number of aromatic nitrogens is 5. The fraction of sp³-hybridized carbons (Fsp3) is 0.524. The number of rotatable bonds is 4. The van der Waals surface area contributed by atoms with Gasteiger partial charge in [-0.2, -0.15) is 10.2 Å². The summed E-state index contributed by atoms with van der Waals surface area (Å²) in [5, 5.41) is 9.13. The summed E-state index contributed by atoms with van der Waals surface area (Å²) in [6.07, 6.45) is 8.06. The van der Waals surface area contributed by atoms with E-state index >= 15 is 0 Å². The van der Waals surface area contributed by atoms with Crippen molar-refractivity contribution in [3.63, 3.8) is 0 Å². The topological polar surface area (TPSA) is 71.6 Å². The van der Waals surface area contributed by atoms with Crippen LogP contribution in [0.2, 0.25) is 0 Å². The standard InChI is InChI=1S/C21H27N7O/c1-16-14-19-21(22-6-7-27(19)23-16)26-11-8-25(9-12-26)10-13-28-20(29)15-17-4-2-3-5-18(17)24-28/h6-7,14-15H,2-5,8-13H2,1H3. The monoisotopic (exact) mass is 393 g/mol. The van der Waals surface area contributed by atoms with E-state index in [0.29, 0.717) is 6.54 Å². The second-order valence-electron chi connectivity index (χ2n) is 8.08. The van der Waals surface area contributed by atoms with Gasteiger partial charge in [-0.15, -0.1) is 0 Å². The first-order valence-corrected chi connectivity index (χ1v) is 10.6. The number of hydrogen-bond donors (Lipinski definition) is 0. The Kier molecular flexibility index (Phi) is 4.79. The van der Waals surface area contributed by atoms with Gasteiger partial charge in [-0.1, -0.05) is 0 Å². The van der Waals surface area contributed by atoms with E-state index in [-0.39, 0.29) is 5.56 Å². The molecule has 29 heavy (non-hydrogen) atoms. The normalized spacial score (nSPS) is 17.6. The quantitative estimate of drug-likeness (QED) is 0.665. The first-order chi connectivity index (χ1) is 14.2. The average Bonchev–Trinajstić information content (AvgIpc) is 3.13. The van der Waals surface area contributed by atoms with E-state index in [9.17, 15) is 4.79 Å². The molecule has 0 bridgehead atoms. The molecule has 1 aliphatic carbocycles. The van der Waals surface area contributed by atoms with Crippen LogP contribution in [0, 0.1) is 6.92 Å². The molecule has 1 fully saturated rings. The summed E-state index contributed by atoms with van der Waals surface area (Å²) >= 11 is 0. The van der Waals surface area contributed by atoms with Crippen LogP contribution in [0.3, 0.4) is 0 Å². The van der Waals surface area contributed by atoms with E-state index in [4.69, 9.17) is 0 Å². The summed E-state index contributed by atoms with van der Waals surface area (Å²) in [6, 6.07) is 3.89. The number of anilines is 1. The molecule has 0 saturated carbocycles. The SMILES string of the molecule is Cc1cc2c(N3CCN(CCn4nc5c(cc4=O)CCCC5)CC3)nccn2n1. The summed E-state index contributed by atoms with van der Waals surface area (Å²) < 4.78 is 3.56. The Morgan fingerprint density at radius 3 is 2.69 bits per heavy atom. The largest absolute Gasteiger partial charge is 0.352 e. The second kappa shape index (κ2) is 7.59. The smallest absolute Gasteiger partial charge is 0.267 e. The van der Waals surface area contributed by atoms with Gasteiger partial charge in [-0.25, -0.2) is 14.2 Å². The van der Waals surface area contributed by atoms with Crippen molar-refractivity contribution in [1.82, 2.24) is 29.3 Å². The maximum atomic E-state index is 12.4. The predicted octanol–water partition coefficient (Wildman–Crippen LogP) is 1.30. The molecule has 5 rings (SSSR count). The minimum atomic E-state index is 0.0382. The lowest BCUT2D eigenvalue weighted by atomic mass is 9.97. The van der Waals surface area contributed by atoms with Crippen LogP contribution < -0.4 is 10.5 Å². The highest BCUT2D eigenvalue weighted by Gasteiger charge is 2.21. The third-order valence-electron chi connectivity index (χ3n) is 6.07. The lowest BCUT2D eigenvalue weighted by molar-refractivity contribution is 0.242. The Hall–Kier alpha value is -2.74. The maximum Gasteiger partial charge on any atom is 0.267 e. The molecule has 8 nitrogen and oxygen atoms in total. The third kappa shape index (κ3) is 3.64. The molecule has 8 heteroatoms. The molecule has 0 spiro atoms. The zero-order valence-electron chi connectivity index (χ0n) is 16.9. The van der Waals surface area contributed by atoms with Crippen LogP contribution in [-0.2, 0) is 19.4 Å². The molecule has 3 aromatic rings. The van der Waals surface area contributed by atoms with Crippen LogP contribution in [0.25, 0.3) is 5.52 Å². The number of piperazine rings is 1. The zero-order chi connectivity index (χ0) is 19.8. The number of fused-ring (bicyclic) bond motifs is 2. The van der Waals surface area contributed by atoms with E-state index in [0.717, 1.165) is 73.9 Å². The van der Waals surface area contributed by atoms with E-state index in [1.165, 1.54) is 12.8 Å². The molecule has 4 heterocycles. The number of aryl methyl sites for hydroxylation is 3. The summed E-state index contributed by atoms with van der Waals surface area (Å²) in [6.45, 7) is 7.26. The molecule has 3 aromatic heterocycles. The van der Waals surface area contributed by atoms with Gasteiger partial charge in [0.1, 0.15) is 5.52 Å². The van der Waals surface area contributed by atoms with Crippen molar-refractivity contribution in [3.05, 3.63) is 51.8 Å². The molecule has 1 saturated heterocycles. The molecule has 0 aromatic carbocycles. The molecule has 1 aliphatic heterocycles. The molecule has 0 amide bonds. The minimum Gasteiger partial charge on any atom is -0.352 e. The Balaban J connectivity index is 1.22. The summed E-state index contributed by atoms with van der Waals surface area (Å²) in [5.41, 5.74) is 4.37. The van der Waals surface area contributed by atoms with Crippen molar-refractivity contribution in [2.24, 2.45) is 0 Å². The van der Waals surface area contributed by atoms with Gasteiger partial charge in [0.25, 0.3) is 5.56 Å². The van der Waals surface area contributed by atoms with Crippen LogP contribution in [-0.4, -0.2) is 62.0 Å². The lowest BCUT2D eigenvalue weighted by Crippen LogP contribution is -2.48. The van der Waals surface area contributed by atoms with Gasteiger partial charge < -0.3 is 4.90 Å². The predicted molar refractivity (Wildman–Crippen MR) is 112 cm³/mol. The Morgan fingerprint density at radius 1 is 1.00 bits per heavy atom. The highest BCUT2D eigenvalue weighted by atomic mass is 16.1. The number of nitrogens with zero attached hydrogens (tertiary/aromatic N) is 7. The van der Waals surface area contributed by atoms with Gasteiger partial charge in [0.05, 0.1) is 17.9 Å². The third-order valence-corrected chi connectivity index (χ3v) is 6.07. The second-order valence-corrected chi connectivity index (χ2v) is 8.08. The highest BCUT2D eigenvalue weighted by Crippen LogP contribution is 2.21. The summed E-state index contributed by atoms with van der Waals surface area (Å²) in [7, 11) is 0. The fourth-order valence-corrected chi connectivity index (χ4v) is 4.45. The Morgan fingerprint density at radius 2 is 1.83 bits per heavy atom. The molecule has 0 N–H and O–H groups in total. The van der Waals surface area contributed by atoms with Crippen LogP contribution in [0.5, 0.6) is 0 Å². The van der Waals surface area contributed by atoms with Gasteiger partial charge in [-0.3, -0.25) is 9.69 Å². The van der Waals surface area contributed by atoms with Crippen molar-refractivity contribution in [1.29, 1.82) is 0 Å². The fourth-order valence-electron chi connectivity index (χ4n) is 4.45. The molecule has 2 aliphatic rings. The maximum absolute atomic E-state index is 12.4. The zero-order valence-corrected chi connectivity index (χ0v) is 16.9. The van der Waals surface area contributed by atoms with E-state index < -0.39 is 0 Å². The first-order valence-electron chi connectivity index (χ1n) is 10.6. The summed E-state index contributed by atoms with van der Waals surface area (Å²) in [4.78, 5) is 21.7. The van der Waals surface area contributed by atoms with Crippen molar-refractivity contribution < 1.29 is 0 Å². The average molecular weight is 393 g/mol. The van der Waals surface area contributed by atoms with Gasteiger partial charge in [0, 0.05) is 51.2 Å². The van der Waals surface area contributed by atoms with E-state index in [1.54, 1.807) is 10.7 Å². The first kappa shape index (κ1) is 18.3. The molecular weight excluding hydrogens is 366 g/mol. The highest BCUT2D eigenvalue weighted by molar-refractivity contribution is 5.69.